The van der Waals surface area contributed by atoms with Crippen molar-refractivity contribution in [1.82, 2.24) is 4.90 Å². The molecular weight excluding hydrogens is 322 g/mol. The Hall–Kier alpha value is -1.69. The lowest BCUT2D eigenvalue weighted by atomic mass is 9.47. The highest BCUT2D eigenvalue weighted by Gasteiger charge is 2.61. The number of esters is 1. The highest BCUT2D eigenvalue weighted by molar-refractivity contribution is 6.38. The molecule has 25 heavy (non-hydrogen) atoms. The van der Waals surface area contributed by atoms with Gasteiger partial charge in [-0.2, -0.15) is 0 Å². The molecule has 4 bridgehead atoms. The van der Waals surface area contributed by atoms with Gasteiger partial charge in [-0.05, 0) is 63.7 Å². The Morgan fingerprint density at radius 3 is 2.48 bits per heavy atom. The number of hydrogen-bond donors (Lipinski definition) is 1. The van der Waals surface area contributed by atoms with Gasteiger partial charge in [-0.15, -0.1) is 0 Å². The lowest BCUT2D eigenvalue weighted by Gasteiger charge is -2.59. The van der Waals surface area contributed by atoms with Crippen LogP contribution in [0.15, 0.2) is 12.3 Å². The smallest absolute Gasteiger partial charge is 0.329 e. The van der Waals surface area contributed by atoms with Gasteiger partial charge in [-0.3, -0.25) is 14.5 Å². The van der Waals surface area contributed by atoms with Crippen molar-refractivity contribution >= 4 is 17.7 Å². The zero-order valence-electron chi connectivity index (χ0n) is 14.6. The van der Waals surface area contributed by atoms with Gasteiger partial charge in [0.05, 0.1) is 12.2 Å². The molecule has 6 nitrogen and oxygen atoms in total. The zero-order valence-corrected chi connectivity index (χ0v) is 14.6. The predicted octanol–water partition coefficient (Wildman–Crippen LogP) is 1.56. The topological polar surface area (TPSA) is 83.9 Å². The van der Waals surface area contributed by atoms with Crippen molar-refractivity contribution in [2.24, 2.45) is 17.3 Å². The van der Waals surface area contributed by atoms with Gasteiger partial charge in [-0.25, -0.2) is 4.79 Å². The van der Waals surface area contributed by atoms with Crippen molar-refractivity contribution in [3.8, 4) is 0 Å². The molecule has 0 aromatic rings. The van der Waals surface area contributed by atoms with Crippen molar-refractivity contribution in [3.63, 3.8) is 0 Å². The number of hydrogen-bond acceptors (Lipinski definition) is 5. The molecule has 4 aliphatic carbocycles. The van der Waals surface area contributed by atoms with Crippen molar-refractivity contribution in [1.29, 1.82) is 0 Å². The number of ketones is 1. The number of ether oxygens (including phenoxy) is 1. The van der Waals surface area contributed by atoms with Crippen molar-refractivity contribution in [3.05, 3.63) is 12.3 Å². The van der Waals surface area contributed by atoms with E-state index in [0.29, 0.717) is 37.5 Å². The van der Waals surface area contributed by atoms with Crippen molar-refractivity contribution < 1.29 is 24.2 Å². The molecule has 5 aliphatic rings. The summed E-state index contributed by atoms with van der Waals surface area (Å²) in [6.07, 6.45) is 7.95. The minimum Gasteiger partial charge on any atom is -0.464 e. The summed E-state index contributed by atoms with van der Waals surface area (Å²) in [5, 5.41) is 10.8. The van der Waals surface area contributed by atoms with Crippen LogP contribution in [0.1, 0.15) is 51.9 Å². The highest BCUT2D eigenvalue weighted by Crippen LogP contribution is 2.62. The SMILES string of the molecule is CCOC(=O)C1CC=CN1C(=O)C(=O)C12CC3CC(CC(O)(C3)C1)C2. The van der Waals surface area contributed by atoms with Crippen LogP contribution in [0.5, 0.6) is 0 Å². The van der Waals surface area contributed by atoms with E-state index in [1.54, 1.807) is 13.0 Å². The highest BCUT2D eigenvalue weighted by atomic mass is 16.5. The summed E-state index contributed by atoms with van der Waals surface area (Å²) in [7, 11) is 0. The first-order valence-electron chi connectivity index (χ1n) is 9.29. The summed E-state index contributed by atoms with van der Waals surface area (Å²) in [5.41, 5.74) is -1.53. The summed E-state index contributed by atoms with van der Waals surface area (Å²) in [6, 6.07) is -0.742. The second kappa shape index (κ2) is 5.66. The second-order valence-electron chi connectivity index (χ2n) is 8.40. The quantitative estimate of drug-likeness (QED) is 0.616. The number of carbonyl (C=O) groups excluding carboxylic acids is 3. The van der Waals surface area contributed by atoms with Crippen LogP contribution in [0.25, 0.3) is 0 Å². The van der Waals surface area contributed by atoms with E-state index in [-0.39, 0.29) is 6.61 Å². The first-order valence-corrected chi connectivity index (χ1v) is 9.29. The minimum absolute atomic E-state index is 0.242. The Balaban J connectivity index is 1.55. The van der Waals surface area contributed by atoms with E-state index < -0.39 is 34.7 Å². The van der Waals surface area contributed by atoms with E-state index in [1.165, 1.54) is 11.1 Å². The molecule has 6 heteroatoms. The molecule has 0 saturated heterocycles. The van der Waals surface area contributed by atoms with E-state index in [2.05, 4.69) is 0 Å². The standard InChI is InChI=1S/C19H25NO5/c1-2-25-17(23)14-4-3-5-20(14)16(22)15(21)18-7-12-6-13(8-18)10-19(24,9-12)11-18/h3,5,12-14,24H,2,4,6-11H2,1H3. The third kappa shape index (κ3) is 2.62. The summed E-state index contributed by atoms with van der Waals surface area (Å²) < 4.78 is 5.03. The first-order chi connectivity index (χ1) is 11.9. The molecule has 0 aromatic carbocycles. The Morgan fingerprint density at radius 2 is 1.88 bits per heavy atom. The molecule has 5 rings (SSSR count). The van der Waals surface area contributed by atoms with Gasteiger partial charge in [0.25, 0.3) is 5.91 Å². The van der Waals surface area contributed by atoms with Crippen molar-refractivity contribution in [2.75, 3.05) is 6.61 Å². The molecule has 4 saturated carbocycles. The van der Waals surface area contributed by atoms with Gasteiger partial charge in [0.1, 0.15) is 6.04 Å². The minimum atomic E-state index is -0.790. The van der Waals surface area contributed by atoms with Crippen LogP contribution in [0, 0.1) is 17.3 Å². The molecule has 136 valence electrons. The largest absolute Gasteiger partial charge is 0.464 e. The lowest BCUT2D eigenvalue weighted by Crippen LogP contribution is -2.60. The molecule has 3 atom stereocenters. The van der Waals surface area contributed by atoms with Crippen LogP contribution in [-0.2, 0) is 19.1 Å². The van der Waals surface area contributed by atoms with Crippen molar-refractivity contribution in [2.45, 2.75) is 63.5 Å². The van der Waals surface area contributed by atoms with Gasteiger partial charge in [0.2, 0.25) is 5.78 Å². The van der Waals surface area contributed by atoms with Crippen LogP contribution in [0.3, 0.4) is 0 Å². The molecule has 1 N–H and O–H groups in total. The van der Waals surface area contributed by atoms with Crippen LogP contribution in [0.4, 0.5) is 0 Å². The van der Waals surface area contributed by atoms with Gasteiger partial charge in [-0.1, -0.05) is 6.08 Å². The molecule has 0 radical (unpaired) electrons. The van der Waals surface area contributed by atoms with Gasteiger partial charge in [0, 0.05) is 11.6 Å². The Morgan fingerprint density at radius 1 is 1.20 bits per heavy atom. The fourth-order valence-electron chi connectivity index (χ4n) is 6.00. The summed E-state index contributed by atoms with van der Waals surface area (Å²) >= 11 is 0. The number of Topliss-reactive ketones (excluding diaryl/α,β-unsaturated/α-hetero) is 1. The maximum Gasteiger partial charge on any atom is 0.329 e. The van der Waals surface area contributed by atoms with E-state index in [4.69, 9.17) is 4.74 Å². The fourth-order valence-corrected chi connectivity index (χ4v) is 6.00. The second-order valence-corrected chi connectivity index (χ2v) is 8.40. The Bertz CT molecular complexity index is 640. The maximum atomic E-state index is 13.2. The summed E-state index contributed by atoms with van der Waals surface area (Å²) in [6.45, 7) is 1.96. The van der Waals surface area contributed by atoms with Gasteiger partial charge in [0.15, 0.2) is 0 Å². The third-order valence-electron chi connectivity index (χ3n) is 6.46. The van der Waals surface area contributed by atoms with E-state index in [0.717, 1.165) is 19.3 Å². The monoisotopic (exact) mass is 347 g/mol. The van der Waals surface area contributed by atoms with E-state index >= 15 is 0 Å². The Kier molecular flexibility index (Phi) is 3.79. The third-order valence-corrected chi connectivity index (χ3v) is 6.46. The number of rotatable bonds is 4. The van der Waals surface area contributed by atoms with Crippen LogP contribution in [-0.4, -0.2) is 45.9 Å². The number of nitrogens with zero attached hydrogens (tertiary/aromatic N) is 1. The molecule has 1 amide bonds. The average molecular weight is 347 g/mol. The first kappa shape index (κ1) is 16.8. The average Bonchev–Trinajstić information content (AvgIpc) is 3.01. The maximum absolute atomic E-state index is 13.2. The van der Waals surface area contributed by atoms with Crippen LogP contribution in [0.2, 0.25) is 0 Å². The van der Waals surface area contributed by atoms with Crippen LogP contribution < -0.4 is 0 Å². The van der Waals surface area contributed by atoms with Gasteiger partial charge >= 0.3 is 5.97 Å². The molecule has 0 spiro atoms. The van der Waals surface area contributed by atoms with E-state index in [9.17, 15) is 19.5 Å². The number of amides is 1. The number of aliphatic hydroxyl groups is 1. The summed E-state index contributed by atoms with van der Waals surface area (Å²) in [5.74, 6) is -0.869. The Labute approximate surface area is 147 Å². The zero-order chi connectivity index (χ0) is 17.8. The molecule has 4 fully saturated rings. The molecule has 1 heterocycles. The van der Waals surface area contributed by atoms with Gasteiger partial charge < -0.3 is 9.84 Å². The molecular formula is C19H25NO5. The number of carbonyl (C=O) groups is 3. The normalized spacial score (nSPS) is 41.2. The molecule has 3 unspecified atom stereocenters. The lowest BCUT2D eigenvalue weighted by molar-refractivity contribution is -0.181. The fraction of sp³-hybridized carbons (Fsp3) is 0.737. The van der Waals surface area contributed by atoms with Crippen LogP contribution >= 0.6 is 0 Å². The summed E-state index contributed by atoms with van der Waals surface area (Å²) in [4.78, 5) is 39.4. The predicted molar refractivity (Wildman–Crippen MR) is 88.1 cm³/mol. The molecule has 0 aromatic heterocycles. The molecule has 1 aliphatic heterocycles. The van der Waals surface area contributed by atoms with E-state index in [1.807, 2.05) is 0 Å².